The van der Waals surface area contributed by atoms with Crippen molar-refractivity contribution < 1.29 is 39.1 Å². The molecule has 0 bridgehead atoms. The zero-order valence-corrected chi connectivity index (χ0v) is 13.3. The molecule has 0 fully saturated rings. The van der Waals surface area contributed by atoms with Crippen LogP contribution < -0.4 is 29.6 Å². The smallest absolute Gasteiger partial charge is 0.490 e. The van der Waals surface area contributed by atoms with Crippen molar-refractivity contribution in [3.63, 3.8) is 0 Å². The van der Waals surface area contributed by atoms with E-state index in [0.717, 1.165) is 0 Å². The molecule has 0 aromatic heterocycles. The van der Waals surface area contributed by atoms with Crippen molar-refractivity contribution >= 4 is 5.97 Å². The summed E-state index contributed by atoms with van der Waals surface area (Å²) in [6.45, 7) is 1.76. The summed E-state index contributed by atoms with van der Waals surface area (Å²) in [5.41, 5.74) is -0.625. The number of hydrogen-bond donors (Lipinski definition) is 0. The Bertz CT molecular complexity index is 504. The molecule has 0 N–H and O–H groups in total. The average molecular weight is 264 g/mol. The number of benzene rings is 1. The number of hydrogen-bond acceptors (Lipinski definition) is 4. The number of rotatable bonds is 4. The fourth-order valence-corrected chi connectivity index (χ4v) is 1.86. The summed E-state index contributed by atoms with van der Waals surface area (Å²) in [7, 11) is 1.20. The molecule has 0 aliphatic rings. The number of nitrogens with zero attached hydrogens (tertiary/aromatic N) is 2. The number of carbonyl (C=O) groups is 1. The van der Waals surface area contributed by atoms with Gasteiger partial charge >= 0.3 is 29.6 Å². The first kappa shape index (κ1) is 17.5. The molecule has 0 aliphatic heterocycles. The molecule has 5 heteroatoms. The molecule has 0 radical (unpaired) electrons. The van der Waals surface area contributed by atoms with Crippen molar-refractivity contribution in [3.05, 3.63) is 41.8 Å². The van der Waals surface area contributed by atoms with Crippen LogP contribution in [0, 0.1) is 28.6 Å². The maximum absolute atomic E-state index is 11.6. The topological polar surface area (TPSA) is 73.9 Å². The monoisotopic (exact) mass is 264 g/mol. The zero-order chi connectivity index (χ0) is 13.6. The Hall–Kier alpha value is -1.46. The molecule has 0 aliphatic carbocycles. The summed E-state index contributed by atoms with van der Waals surface area (Å²) in [5, 5.41) is 18.6. The molecule has 19 heavy (non-hydrogen) atoms. The van der Waals surface area contributed by atoms with Crippen molar-refractivity contribution in [2.75, 3.05) is 7.11 Å². The van der Waals surface area contributed by atoms with Crippen LogP contribution >= 0.6 is 0 Å². The van der Waals surface area contributed by atoms with Crippen molar-refractivity contribution in [2.45, 2.75) is 18.8 Å². The molecular formula is C14H13N2NaO2. The third-order valence-corrected chi connectivity index (χ3v) is 2.92. The Balaban J connectivity index is 0.00000324. The summed E-state index contributed by atoms with van der Waals surface area (Å²) >= 11 is 0. The predicted octanol–water partition coefficient (Wildman–Crippen LogP) is -0.867. The molecule has 0 amide bonds. The van der Waals surface area contributed by atoms with Crippen LogP contribution in [0.1, 0.15) is 18.9 Å². The Morgan fingerprint density at radius 1 is 1.37 bits per heavy atom. The fraction of sp³-hybridized carbons (Fsp3) is 0.286. The second-order valence-corrected chi connectivity index (χ2v) is 3.72. The SMILES string of the molecule is CCC(C#N)(c1ccccc1)[C-](C#N)C(=O)OC.[Na+]. The third kappa shape index (κ3) is 3.30. The van der Waals surface area contributed by atoms with Crippen molar-refractivity contribution in [1.82, 2.24) is 0 Å². The van der Waals surface area contributed by atoms with Crippen LogP contribution in [0.3, 0.4) is 0 Å². The van der Waals surface area contributed by atoms with E-state index in [1.165, 1.54) is 7.11 Å². The van der Waals surface area contributed by atoms with Crippen LogP contribution in [0.15, 0.2) is 30.3 Å². The van der Waals surface area contributed by atoms with E-state index in [2.05, 4.69) is 10.8 Å². The van der Waals surface area contributed by atoms with E-state index in [9.17, 15) is 10.1 Å². The third-order valence-electron chi connectivity index (χ3n) is 2.92. The maximum Gasteiger partial charge on any atom is 1.00 e. The van der Waals surface area contributed by atoms with E-state index in [1.807, 2.05) is 12.1 Å². The molecule has 1 atom stereocenters. The first-order chi connectivity index (χ1) is 8.66. The maximum atomic E-state index is 11.6. The van der Waals surface area contributed by atoms with Gasteiger partial charge in [0.15, 0.2) is 5.97 Å². The largest absolute Gasteiger partial charge is 1.00 e. The molecule has 0 heterocycles. The van der Waals surface area contributed by atoms with E-state index in [4.69, 9.17) is 5.26 Å². The van der Waals surface area contributed by atoms with Crippen LogP contribution in [0.4, 0.5) is 0 Å². The van der Waals surface area contributed by atoms with Gasteiger partial charge in [-0.1, -0.05) is 55.3 Å². The van der Waals surface area contributed by atoms with E-state index in [0.29, 0.717) is 12.0 Å². The minimum Gasteiger partial charge on any atom is -0.490 e. The van der Waals surface area contributed by atoms with Gasteiger partial charge in [0.2, 0.25) is 0 Å². The first-order valence-corrected chi connectivity index (χ1v) is 5.49. The van der Waals surface area contributed by atoms with Gasteiger partial charge in [0.1, 0.15) is 0 Å². The molecule has 1 unspecified atom stereocenters. The van der Waals surface area contributed by atoms with E-state index >= 15 is 0 Å². The van der Waals surface area contributed by atoms with Gasteiger partial charge in [-0.25, -0.2) is 10.5 Å². The molecule has 4 nitrogen and oxygen atoms in total. The molecule has 1 rings (SSSR count). The Morgan fingerprint density at radius 3 is 2.32 bits per heavy atom. The quantitative estimate of drug-likeness (QED) is 0.403. The van der Waals surface area contributed by atoms with Crippen molar-refractivity contribution in [2.24, 2.45) is 0 Å². The van der Waals surface area contributed by atoms with Gasteiger partial charge in [-0.2, -0.15) is 5.92 Å². The van der Waals surface area contributed by atoms with Crippen LogP contribution in [0.5, 0.6) is 0 Å². The molecular weight excluding hydrogens is 251 g/mol. The second kappa shape index (κ2) is 7.86. The molecule has 92 valence electrons. The zero-order valence-electron chi connectivity index (χ0n) is 11.3. The number of ether oxygens (including phenoxy) is 1. The summed E-state index contributed by atoms with van der Waals surface area (Å²) in [6, 6.07) is 12.7. The van der Waals surface area contributed by atoms with Gasteiger partial charge < -0.3 is 4.74 Å². The molecule has 1 aromatic carbocycles. The van der Waals surface area contributed by atoms with Crippen LogP contribution in [0.25, 0.3) is 0 Å². The standard InChI is InChI=1S/C14H13N2O2.Na/c1-3-14(10-16,11-7-5-4-6-8-11)12(9-15)13(17)18-2;/h4-8H,3H2,1-2H3;/q-1;+1. The van der Waals surface area contributed by atoms with E-state index in [1.54, 1.807) is 31.2 Å². The summed E-state index contributed by atoms with van der Waals surface area (Å²) in [4.78, 5) is 11.6. The van der Waals surface area contributed by atoms with Gasteiger partial charge in [0.05, 0.1) is 7.11 Å². The predicted molar refractivity (Wildman–Crippen MR) is 64.9 cm³/mol. The number of nitriles is 2. The Kier molecular flexibility index (Phi) is 7.26. The van der Waals surface area contributed by atoms with Crippen LogP contribution in [-0.4, -0.2) is 13.1 Å². The summed E-state index contributed by atoms with van der Waals surface area (Å²) in [5.74, 6) is -0.939. The van der Waals surface area contributed by atoms with Gasteiger partial charge in [-0.05, 0) is 5.41 Å². The van der Waals surface area contributed by atoms with E-state index < -0.39 is 11.4 Å². The van der Waals surface area contributed by atoms with E-state index in [-0.39, 0.29) is 35.5 Å². The van der Waals surface area contributed by atoms with Gasteiger partial charge in [-0.3, -0.25) is 4.79 Å². The number of carbonyl (C=O) groups excluding carboxylic acids is 1. The van der Waals surface area contributed by atoms with Gasteiger partial charge in [0.25, 0.3) is 0 Å². The number of methoxy groups -OCH3 is 1. The Labute approximate surface area is 135 Å². The van der Waals surface area contributed by atoms with Gasteiger partial charge in [-0.15, -0.1) is 0 Å². The molecule has 1 aromatic rings. The molecule has 0 spiro atoms. The molecule has 0 saturated heterocycles. The Morgan fingerprint density at radius 2 is 1.95 bits per heavy atom. The second-order valence-electron chi connectivity index (χ2n) is 3.72. The normalized spacial score (nSPS) is 12.0. The summed E-state index contributed by atoms with van der Waals surface area (Å²) < 4.78 is 4.58. The average Bonchev–Trinajstić information content (AvgIpc) is 2.45. The minimum absolute atomic E-state index is 0. The molecule has 0 saturated carbocycles. The minimum atomic E-state index is -1.25. The van der Waals surface area contributed by atoms with Crippen LogP contribution in [0.2, 0.25) is 0 Å². The number of esters is 1. The summed E-state index contributed by atoms with van der Waals surface area (Å²) in [6.07, 6.45) is 0.325. The first-order valence-electron chi connectivity index (χ1n) is 5.49. The van der Waals surface area contributed by atoms with Crippen molar-refractivity contribution in [1.29, 1.82) is 10.5 Å². The van der Waals surface area contributed by atoms with Gasteiger partial charge in [0, 0.05) is 6.07 Å². The fourth-order valence-electron chi connectivity index (χ4n) is 1.86. The van der Waals surface area contributed by atoms with Crippen molar-refractivity contribution in [3.8, 4) is 12.1 Å². The van der Waals surface area contributed by atoms with Crippen LogP contribution in [-0.2, 0) is 14.9 Å².